The van der Waals surface area contributed by atoms with E-state index in [2.05, 4.69) is 5.10 Å². The number of esters is 1. The fourth-order valence-electron chi connectivity index (χ4n) is 3.05. The van der Waals surface area contributed by atoms with Gasteiger partial charge in [0.25, 0.3) is 0 Å². The summed E-state index contributed by atoms with van der Waals surface area (Å²) < 4.78 is 12.6. The van der Waals surface area contributed by atoms with Crippen LogP contribution in [0.2, 0.25) is 0 Å². The zero-order chi connectivity index (χ0) is 20.2. The van der Waals surface area contributed by atoms with Crippen LogP contribution < -0.4 is 9.47 Å². The fourth-order valence-corrected chi connectivity index (χ4v) is 3.05. The molecule has 0 spiro atoms. The molecule has 1 heterocycles. The van der Waals surface area contributed by atoms with Gasteiger partial charge in [0.2, 0.25) is 5.88 Å². The lowest BCUT2D eigenvalue weighted by atomic mass is 10.1. The predicted molar refractivity (Wildman–Crippen MR) is 112 cm³/mol. The second-order valence-electron chi connectivity index (χ2n) is 6.55. The van der Waals surface area contributed by atoms with Crippen molar-refractivity contribution in [2.75, 3.05) is 7.11 Å². The zero-order valence-corrected chi connectivity index (χ0v) is 16.2. The van der Waals surface area contributed by atoms with Crippen molar-refractivity contribution >= 4 is 5.97 Å². The Bertz CT molecular complexity index is 1130. The van der Waals surface area contributed by atoms with E-state index in [4.69, 9.17) is 9.47 Å². The first-order valence-corrected chi connectivity index (χ1v) is 9.23. The number of aromatic nitrogens is 2. The van der Waals surface area contributed by atoms with Crippen LogP contribution in [0, 0.1) is 6.92 Å². The molecule has 0 aliphatic carbocycles. The summed E-state index contributed by atoms with van der Waals surface area (Å²) in [5.74, 6) is 0.669. The summed E-state index contributed by atoms with van der Waals surface area (Å²) in [5.41, 5.74) is 3.80. The molecule has 0 bridgehead atoms. The number of carbonyl (C=O) groups excluding carboxylic acids is 1. The number of benzene rings is 3. The van der Waals surface area contributed by atoms with Crippen molar-refractivity contribution in [3.8, 4) is 28.6 Å². The van der Waals surface area contributed by atoms with E-state index in [1.807, 2.05) is 79.7 Å². The molecule has 0 saturated heterocycles. The number of ether oxygens (including phenoxy) is 2. The Morgan fingerprint density at radius 1 is 0.897 bits per heavy atom. The summed E-state index contributed by atoms with van der Waals surface area (Å²) in [4.78, 5) is 12.8. The molecule has 3 aromatic carbocycles. The maximum atomic E-state index is 12.8. The van der Waals surface area contributed by atoms with Gasteiger partial charge in [-0.3, -0.25) is 0 Å². The third-order valence-corrected chi connectivity index (χ3v) is 4.63. The molecule has 0 aliphatic rings. The lowest BCUT2D eigenvalue weighted by Crippen LogP contribution is -2.13. The largest absolute Gasteiger partial charge is 0.497 e. The maximum Gasteiger partial charge on any atom is 0.345 e. The van der Waals surface area contributed by atoms with Crippen LogP contribution in [0.3, 0.4) is 0 Å². The molecule has 4 rings (SSSR count). The molecule has 144 valence electrons. The smallest absolute Gasteiger partial charge is 0.345 e. The first kappa shape index (κ1) is 18.5. The van der Waals surface area contributed by atoms with Gasteiger partial charge < -0.3 is 9.47 Å². The summed E-state index contributed by atoms with van der Waals surface area (Å²) >= 11 is 0. The van der Waals surface area contributed by atoms with Gasteiger partial charge in [-0.05, 0) is 42.8 Å². The average Bonchev–Trinajstić information content (AvgIpc) is 3.18. The van der Waals surface area contributed by atoms with Gasteiger partial charge in [-0.1, -0.05) is 48.5 Å². The number of methoxy groups -OCH3 is 1. The molecule has 0 radical (unpaired) electrons. The summed E-state index contributed by atoms with van der Waals surface area (Å²) in [5, 5.41) is 4.67. The minimum atomic E-state index is -0.419. The van der Waals surface area contributed by atoms with E-state index in [9.17, 15) is 4.79 Å². The molecule has 0 aliphatic heterocycles. The standard InChI is InChI=1S/C24H20N2O3/c1-17-8-6-7-11-21(17)24(27)29-23-16-22(18-9-4-3-5-10-18)25-26(23)19-12-14-20(28-2)15-13-19/h3-16H,1-2H3. The predicted octanol–water partition coefficient (Wildman–Crippen LogP) is 5.08. The van der Waals surface area contributed by atoms with Crippen molar-refractivity contribution in [3.05, 3.63) is 96.1 Å². The van der Waals surface area contributed by atoms with E-state index >= 15 is 0 Å². The highest BCUT2D eigenvalue weighted by atomic mass is 16.5. The van der Waals surface area contributed by atoms with Gasteiger partial charge in [-0.25, -0.2) is 4.79 Å². The second kappa shape index (κ2) is 8.02. The van der Waals surface area contributed by atoms with Crippen molar-refractivity contribution < 1.29 is 14.3 Å². The van der Waals surface area contributed by atoms with Crippen molar-refractivity contribution in [1.82, 2.24) is 9.78 Å². The minimum absolute atomic E-state index is 0.349. The van der Waals surface area contributed by atoms with Crippen LogP contribution in [-0.4, -0.2) is 22.9 Å². The lowest BCUT2D eigenvalue weighted by molar-refractivity contribution is 0.0722. The van der Waals surface area contributed by atoms with Crippen LogP contribution >= 0.6 is 0 Å². The van der Waals surface area contributed by atoms with E-state index in [-0.39, 0.29) is 0 Å². The summed E-state index contributed by atoms with van der Waals surface area (Å²) in [7, 11) is 1.62. The van der Waals surface area contributed by atoms with Crippen molar-refractivity contribution in [2.24, 2.45) is 0 Å². The molecule has 0 saturated carbocycles. The Morgan fingerprint density at radius 2 is 1.59 bits per heavy atom. The van der Waals surface area contributed by atoms with E-state index in [1.165, 1.54) is 0 Å². The number of hydrogen-bond donors (Lipinski definition) is 0. The van der Waals surface area contributed by atoms with Gasteiger partial charge in [0.15, 0.2) is 0 Å². The van der Waals surface area contributed by atoms with Crippen molar-refractivity contribution in [1.29, 1.82) is 0 Å². The molecule has 5 nitrogen and oxygen atoms in total. The molecule has 0 atom stereocenters. The number of rotatable bonds is 5. The third kappa shape index (κ3) is 3.89. The number of hydrogen-bond acceptors (Lipinski definition) is 4. The minimum Gasteiger partial charge on any atom is -0.497 e. The normalized spacial score (nSPS) is 10.6. The van der Waals surface area contributed by atoms with Crippen molar-refractivity contribution in [2.45, 2.75) is 6.92 Å². The molecule has 1 aromatic heterocycles. The number of aryl methyl sites for hydroxylation is 1. The van der Waals surface area contributed by atoms with Gasteiger partial charge in [0.05, 0.1) is 24.1 Å². The average molecular weight is 384 g/mol. The Labute approximate surface area is 169 Å². The SMILES string of the molecule is COc1ccc(-n2nc(-c3ccccc3)cc2OC(=O)c2ccccc2C)cc1. The van der Waals surface area contributed by atoms with E-state index in [0.29, 0.717) is 17.1 Å². The molecule has 0 unspecified atom stereocenters. The highest BCUT2D eigenvalue weighted by Crippen LogP contribution is 2.28. The molecule has 4 aromatic rings. The van der Waals surface area contributed by atoms with Gasteiger partial charge in [0.1, 0.15) is 5.75 Å². The number of nitrogens with zero attached hydrogens (tertiary/aromatic N) is 2. The second-order valence-corrected chi connectivity index (χ2v) is 6.55. The Hall–Kier alpha value is -3.86. The molecular formula is C24H20N2O3. The first-order chi connectivity index (χ1) is 14.2. The van der Waals surface area contributed by atoms with E-state index < -0.39 is 5.97 Å². The quantitative estimate of drug-likeness (QED) is 0.451. The van der Waals surface area contributed by atoms with Crippen LogP contribution in [0.25, 0.3) is 16.9 Å². The third-order valence-electron chi connectivity index (χ3n) is 4.63. The van der Waals surface area contributed by atoms with Gasteiger partial charge in [-0.15, -0.1) is 0 Å². The van der Waals surface area contributed by atoms with Crippen LogP contribution in [0.1, 0.15) is 15.9 Å². The Morgan fingerprint density at radius 3 is 2.28 bits per heavy atom. The monoisotopic (exact) mass is 384 g/mol. The molecule has 0 N–H and O–H groups in total. The first-order valence-electron chi connectivity index (χ1n) is 9.23. The van der Waals surface area contributed by atoms with Crippen LogP contribution in [0.4, 0.5) is 0 Å². The Balaban J connectivity index is 1.75. The van der Waals surface area contributed by atoms with Gasteiger partial charge in [0, 0.05) is 11.6 Å². The van der Waals surface area contributed by atoms with Crippen LogP contribution in [-0.2, 0) is 0 Å². The van der Waals surface area contributed by atoms with E-state index in [1.54, 1.807) is 23.9 Å². The van der Waals surface area contributed by atoms with Gasteiger partial charge >= 0.3 is 5.97 Å². The van der Waals surface area contributed by atoms with Gasteiger partial charge in [-0.2, -0.15) is 9.78 Å². The molecule has 29 heavy (non-hydrogen) atoms. The summed E-state index contributed by atoms with van der Waals surface area (Å²) in [6, 6.07) is 26.3. The summed E-state index contributed by atoms with van der Waals surface area (Å²) in [6.07, 6.45) is 0. The molecule has 0 amide bonds. The van der Waals surface area contributed by atoms with E-state index in [0.717, 1.165) is 22.6 Å². The maximum absolute atomic E-state index is 12.8. The van der Waals surface area contributed by atoms with Crippen molar-refractivity contribution in [3.63, 3.8) is 0 Å². The highest BCUT2D eigenvalue weighted by molar-refractivity contribution is 5.92. The molecular weight excluding hydrogens is 364 g/mol. The lowest BCUT2D eigenvalue weighted by Gasteiger charge is -2.09. The van der Waals surface area contributed by atoms with Crippen LogP contribution in [0.5, 0.6) is 11.6 Å². The topological polar surface area (TPSA) is 53.4 Å². The van der Waals surface area contributed by atoms with Crippen LogP contribution in [0.15, 0.2) is 84.9 Å². The highest BCUT2D eigenvalue weighted by Gasteiger charge is 2.18. The zero-order valence-electron chi connectivity index (χ0n) is 16.2. The molecule has 5 heteroatoms. The number of carbonyl (C=O) groups is 1. The Kier molecular flexibility index (Phi) is 5.12. The fraction of sp³-hybridized carbons (Fsp3) is 0.0833. The summed E-state index contributed by atoms with van der Waals surface area (Å²) in [6.45, 7) is 1.88. The molecule has 0 fully saturated rings.